The van der Waals surface area contributed by atoms with Gasteiger partial charge in [0, 0.05) is 43.9 Å². The van der Waals surface area contributed by atoms with Crippen molar-refractivity contribution in [2.75, 3.05) is 31.1 Å². The zero-order chi connectivity index (χ0) is 91.4. The highest BCUT2D eigenvalue weighted by Gasteiger charge is 2.39. The molecular formula is C75H128N22O21S2. The number of hydrogen-bond acceptors (Lipinski definition) is 24. The number of hydrogen-bond donors (Lipinski definition) is 26. The number of amides is 14. The summed E-state index contributed by atoms with van der Waals surface area (Å²) >= 11 is 8.51. The van der Waals surface area contributed by atoms with Gasteiger partial charge in [0.15, 0.2) is 11.9 Å². The van der Waals surface area contributed by atoms with E-state index < -0.39 is 235 Å². The second-order valence-corrected chi connectivity index (χ2v) is 31.1. The molecule has 14 amide bonds. The first kappa shape index (κ1) is 107. The number of aliphatic carboxylic acids is 3. The Kier molecular flexibility index (Phi) is 49.9. The molecule has 1 rings (SSSR count). The molecule has 0 aliphatic carbocycles. The van der Waals surface area contributed by atoms with E-state index in [1.165, 1.54) is 45.0 Å². The predicted molar refractivity (Wildman–Crippen MR) is 449 cm³/mol. The molecule has 0 aliphatic rings. The zero-order valence-electron chi connectivity index (χ0n) is 69.9. The number of carboxylic acid groups (broad SMARTS) is 3. The summed E-state index contributed by atoms with van der Waals surface area (Å²) in [6.07, 6.45) is -2.29. The largest absolute Gasteiger partial charge is 0.508 e. The van der Waals surface area contributed by atoms with Crippen LogP contribution in [-0.2, 0) is 87.9 Å². The van der Waals surface area contributed by atoms with E-state index in [0.717, 1.165) is 0 Å². The number of thiol groups is 2. The van der Waals surface area contributed by atoms with Crippen LogP contribution in [0.2, 0.25) is 0 Å². The second kappa shape index (κ2) is 55.8. The van der Waals surface area contributed by atoms with Gasteiger partial charge in [-0.2, -0.15) is 25.3 Å². The molecule has 0 bridgehead atoms. The Balaban J connectivity index is 3.61. The number of phenols is 1. The highest BCUT2D eigenvalue weighted by Crippen LogP contribution is 2.17. The number of nitrogens with zero attached hydrogens (tertiary/aromatic N) is 2. The maximum atomic E-state index is 14.5. The molecular weight excluding hydrogens is 1610 g/mol. The first-order chi connectivity index (χ1) is 56.2. The van der Waals surface area contributed by atoms with Crippen molar-refractivity contribution >= 4 is 138 Å². The second-order valence-electron chi connectivity index (χ2n) is 30.3. The average Bonchev–Trinajstić information content (AvgIpc) is 0.843. The highest BCUT2D eigenvalue weighted by molar-refractivity contribution is 7.80. The number of nitrogens with one attached hydrogen (secondary N) is 14. The molecule has 43 nitrogen and oxygen atoms in total. The number of rotatable bonds is 58. The number of aliphatic imine (C=N–C) groups is 2. The van der Waals surface area contributed by atoms with Gasteiger partial charge in [-0.05, 0) is 139 Å². The Labute approximate surface area is 708 Å². The van der Waals surface area contributed by atoms with Crippen molar-refractivity contribution in [2.24, 2.45) is 68.1 Å². The van der Waals surface area contributed by atoms with Crippen molar-refractivity contribution in [1.82, 2.24) is 74.4 Å². The van der Waals surface area contributed by atoms with Crippen molar-refractivity contribution in [3.63, 3.8) is 0 Å². The monoisotopic (exact) mass is 1740 g/mol. The number of aromatic hydroxyl groups is 1. The van der Waals surface area contributed by atoms with Gasteiger partial charge in [0.2, 0.25) is 82.7 Å². The van der Waals surface area contributed by atoms with Crippen LogP contribution in [0.4, 0.5) is 0 Å². The number of unbranched alkanes of at least 4 members (excludes halogenated alkanes) is 1. The molecule has 30 N–H and O–H groups in total. The van der Waals surface area contributed by atoms with Crippen LogP contribution in [-0.4, -0.2) is 255 Å². The van der Waals surface area contributed by atoms with Crippen molar-refractivity contribution in [2.45, 2.75) is 263 Å². The fourth-order valence-corrected chi connectivity index (χ4v) is 12.0. The molecule has 45 heteroatoms. The summed E-state index contributed by atoms with van der Waals surface area (Å²) < 4.78 is 0. The standard InChI is InChI=1S/C75H128N22O21S2/c1-12-39(8)58(72(116)86-41(10)59(103)87-47(19-16-30-83-75(80)81)64(108)94-53(34-119)70(114)85-42(11)61(105)96-57(38(6)7)73(117)118)97-69(113)51(32-37(4)5)93-71(115)54(35-120)95-63(107)46(18-13-14-28-76)88-65(109)48(24-26-55(99)100)89-66(110)49(25-27-56(101)102)90-68(112)52(33-43-20-22-44(98)23-21-43)91-60(104)40(9)84-67(111)50(31-36(2)3)92-62(106)45(77)17-15-29-82-74(78)79/h20-23,36-42,45-54,57-58,98,119-120H,12-19,24-35,76-77H2,1-11H3,(H,84,111)(H,85,114)(H,86,116)(H,87,103)(H,88,109)(H,89,110)(H,90,112)(H,91,104)(H,92,106)(H,93,115)(H,94,108)(H,95,107)(H,96,105)(H,97,113)(H,99,100)(H,101,102)(H,117,118)(H4,78,79,82)(H4,80,81,83)/t39-,40-,41-,42-,45-,46-,47-,48-,49-,50-,51-,52-,53-,54-,57-,58-/m0/s1. The third-order valence-electron chi connectivity index (χ3n) is 18.6. The Morgan fingerprint density at radius 2 is 0.708 bits per heavy atom. The van der Waals surface area contributed by atoms with Gasteiger partial charge < -0.3 is 129 Å². The van der Waals surface area contributed by atoms with Gasteiger partial charge in [0.1, 0.15) is 90.3 Å². The molecule has 0 saturated heterocycles. The summed E-state index contributed by atoms with van der Waals surface area (Å²) in [6.45, 7) is 17.6. The van der Waals surface area contributed by atoms with E-state index in [9.17, 15) is 102 Å². The fourth-order valence-electron chi connectivity index (χ4n) is 11.5. The maximum absolute atomic E-state index is 14.5. The molecule has 0 spiro atoms. The smallest absolute Gasteiger partial charge is 0.326 e. The SMILES string of the molecule is CC[C@H](C)[C@H](NC(=O)[C@H](CC(C)C)NC(=O)[C@H](CS)NC(=O)[C@H](CCCCN)NC(=O)[C@H](CCC(=O)O)NC(=O)[C@H](CCC(=O)O)NC(=O)[C@H](Cc1ccc(O)cc1)NC(=O)[C@H](C)NC(=O)[C@H](CC(C)C)NC(=O)[C@@H](N)CCCN=C(N)N)C(=O)N[C@@H](C)C(=O)N[C@@H](CCCN=C(N)N)C(=O)N[C@@H](CS)C(=O)N[C@@H](C)C(=O)N[C@H](C(=O)O)C(C)C. The Hall–Kier alpha value is -10.8. The Bertz CT molecular complexity index is 3660. The van der Waals surface area contributed by atoms with Gasteiger partial charge in [-0.25, -0.2) is 4.79 Å². The van der Waals surface area contributed by atoms with Crippen LogP contribution in [0, 0.1) is 23.7 Å². The summed E-state index contributed by atoms with van der Waals surface area (Å²) in [5, 5.41) is 74.3. The minimum atomic E-state index is -1.86. The van der Waals surface area contributed by atoms with E-state index in [1.807, 2.05) is 0 Å². The molecule has 120 heavy (non-hydrogen) atoms. The van der Waals surface area contributed by atoms with Gasteiger partial charge in [-0.3, -0.25) is 86.7 Å². The van der Waals surface area contributed by atoms with Gasteiger partial charge in [0.05, 0.1) is 6.04 Å². The minimum absolute atomic E-state index is 0.00755. The fraction of sp³-hybridized carbons (Fsp3) is 0.667. The Morgan fingerprint density at radius 3 is 1.10 bits per heavy atom. The minimum Gasteiger partial charge on any atom is -0.508 e. The normalized spacial score (nSPS) is 15.2. The molecule has 1 aromatic rings. The van der Waals surface area contributed by atoms with Crippen molar-refractivity contribution in [3.8, 4) is 5.75 Å². The first-order valence-corrected chi connectivity index (χ1v) is 40.9. The van der Waals surface area contributed by atoms with E-state index in [0.29, 0.717) is 12.0 Å². The molecule has 676 valence electrons. The van der Waals surface area contributed by atoms with E-state index >= 15 is 0 Å². The van der Waals surface area contributed by atoms with E-state index in [4.69, 9.17) is 34.4 Å². The lowest BCUT2D eigenvalue weighted by molar-refractivity contribution is -0.143. The molecule has 0 fully saturated rings. The van der Waals surface area contributed by atoms with Crippen LogP contribution in [0.25, 0.3) is 0 Å². The number of guanidine groups is 2. The summed E-state index contributed by atoms with van der Waals surface area (Å²) in [5.74, 6) is -20.5. The number of carboxylic acids is 3. The summed E-state index contributed by atoms with van der Waals surface area (Å²) in [4.78, 5) is 240. The van der Waals surface area contributed by atoms with Crippen LogP contribution in [0.3, 0.4) is 0 Å². The number of nitrogens with two attached hydrogens (primary N) is 6. The third kappa shape index (κ3) is 41.7. The first-order valence-electron chi connectivity index (χ1n) is 39.7. The van der Waals surface area contributed by atoms with Crippen molar-refractivity contribution < 1.29 is 102 Å². The van der Waals surface area contributed by atoms with Crippen LogP contribution in [0.5, 0.6) is 5.75 Å². The lowest BCUT2D eigenvalue weighted by Gasteiger charge is -2.29. The van der Waals surface area contributed by atoms with Crippen LogP contribution in [0.1, 0.15) is 172 Å². The van der Waals surface area contributed by atoms with Gasteiger partial charge in [-0.15, -0.1) is 0 Å². The average molecular weight is 1740 g/mol. The summed E-state index contributed by atoms with van der Waals surface area (Å²) in [7, 11) is 0. The molecule has 0 heterocycles. The quantitative estimate of drug-likeness (QED) is 0.0125. The van der Waals surface area contributed by atoms with Gasteiger partial charge >= 0.3 is 17.9 Å². The number of phenolic OH excluding ortho intramolecular Hbond substituents is 1. The molecule has 16 atom stereocenters. The molecule has 0 aromatic heterocycles. The van der Waals surface area contributed by atoms with Crippen LogP contribution < -0.4 is 109 Å². The third-order valence-corrected chi connectivity index (χ3v) is 19.4. The lowest BCUT2D eigenvalue weighted by Crippen LogP contribution is -2.61. The molecule has 1 aromatic carbocycles. The molecule has 0 saturated carbocycles. The number of carbonyl (C=O) groups excluding carboxylic acids is 14. The zero-order valence-corrected chi connectivity index (χ0v) is 71.7. The predicted octanol–water partition coefficient (Wildman–Crippen LogP) is -5.19. The van der Waals surface area contributed by atoms with E-state index in [2.05, 4.69) is 110 Å². The van der Waals surface area contributed by atoms with Crippen LogP contribution in [0.15, 0.2) is 34.3 Å². The maximum Gasteiger partial charge on any atom is 0.326 e. The van der Waals surface area contributed by atoms with Crippen molar-refractivity contribution in [3.05, 3.63) is 29.8 Å². The van der Waals surface area contributed by atoms with Crippen molar-refractivity contribution in [1.29, 1.82) is 0 Å². The summed E-state index contributed by atoms with van der Waals surface area (Å²) in [6, 6.07) is -16.5. The van der Waals surface area contributed by atoms with Gasteiger partial charge in [0.25, 0.3) is 0 Å². The molecule has 0 aliphatic heterocycles. The van der Waals surface area contributed by atoms with Gasteiger partial charge in [-0.1, -0.05) is 73.9 Å². The lowest BCUT2D eigenvalue weighted by atomic mass is 9.96. The number of carbonyl (C=O) groups is 17. The van der Waals surface area contributed by atoms with E-state index in [1.54, 1.807) is 55.4 Å². The highest BCUT2D eigenvalue weighted by atomic mass is 32.1. The molecule has 0 unspecified atom stereocenters. The molecule has 0 radical (unpaired) electrons. The number of benzene rings is 1. The topological polar surface area (TPSA) is 720 Å². The summed E-state index contributed by atoms with van der Waals surface area (Å²) in [5.41, 5.74) is 34.0. The Morgan fingerprint density at radius 1 is 0.383 bits per heavy atom. The van der Waals surface area contributed by atoms with E-state index in [-0.39, 0.29) is 119 Å². The van der Waals surface area contributed by atoms with Crippen LogP contribution >= 0.6 is 25.3 Å².